The summed E-state index contributed by atoms with van der Waals surface area (Å²) in [4.78, 5) is 0. The summed E-state index contributed by atoms with van der Waals surface area (Å²) >= 11 is 1.67. The minimum Gasteiger partial charge on any atom is -0.363 e. The molecule has 2 aromatic rings. The molecule has 0 saturated heterocycles. The van der Waals surface area contributed by atoms with Crippen LogP contribution in [0.5, 0.6) is 0 Å². The molecular weight excluding hydrogens is 232 g/mol. The third-order valence-electron chi connectivity index (χ3n) is 2.73. The van der Waals surface area contributed by atoms with Gasteiger partial charge in [0, 0.05) is 7.05 Å². The van der Waals surface area contributed by atoms with Gasteiger partial charge in [-0.25, -0.2) is 0 Å². The van der Waals surface area contributed by atoms with Crippen molar-refractivity contribution >= 4 is 17.2 Å². The van der Waals surface area contributed by atoms with E-state index in [9.17, 15) is 0 Å². The summed E-state index contributed by atoms with van der Waals surface area (Å²) in [5.74, 6) is 0.781. The van der Waals surface area contributed by atoms with E-state index in [1.165, 1.54) is 5.56 Å². The molecule has 1 N–H and O–H groups in total. The summed E-state index contributed by atoms with van der Waals surface area (Å²) in [6.45, 7) is 3.92. The summed E-state index contributed by atoms with van der Waals surface area (Å²) in [5, 5.41) is 20.9. The van der Waals surface area contributed by atoms with Crippen LogP contribution >= 0.6 is 11.3 Å². The van der Waals surface area contributed by atoms with Crippen LogP contribution in [0, 0.1) is 18.3 Å². The molecule has 4 nitrogen and oxygen atoms in total. The van der Waals surface area contributed by atoms with Gasteiger partial charge >= 0.3 is 0 Å². The van der Waals surface area contributed by atoms with Gasteiger partial charge in [0.2, 0.25) is 0 Å². The zero-order chi connectivity index (χ0) is 12.4. The Balaban J connectivity index is 2.28. The maximum Gasteiger partial charge on any atom is 0.142 e. The highest BCUT2D eigenvalue weighted by Gasteiger charge is 2.15. The second-order valence-electron chi connectivity index (χ2n) is 3.97. The van der Waals surface area contributed by atoms with E-state index >= 15 is 0 Å². The molecule has 1 atom stereocenters. The maximum absolute atomic E-state index is 9.11. The lowest BCUT2D eigenvalue weighted by Crippen LogP contribution is -2.10. The molecule has 0 fully saturated rings. The fraction of sp³-hybridized carbons (Fsp3) is 0.333. The highest BCUT2D eigenvalue weighted by Crippen LogP contribution is 2.24. The van der Waals surface area contributed by atoms with Gasteiger partial charge in [-0.3, -0.25) is 4.68 Å². The van der Waals surface area contributed by atoms with E-state index in [1.807, 2.05) is 19.4 Å². The van der Waals surface area contributed by atoms with Crippen molar-refractivity contribution in [3.8, 4) is 6.07 Å². The number of aryl methyl sites for hydroxylation is 2. The van der Waals surface area contributed by atoms with Crippen LogP contribution in [0.3, 0.4) is 0 Å². The van der Waals surface area contributed by atoms with E-state index in [0.717, 1.165) is 11.5 Å². The molecule has 0 radical (unpaired) electrons. The average molecular weight is 246 g/mol. The maximum atomic E-state index is 9.11. The van der Waals surface area contributed by atoms with E-state index in [0.29, 0.717) is 5.56 Å². The van der Waals surface area contributed by atoms with Crippen molar-refractivity contribution in [2.45, 2.75) is 19.9 Å². The number of thiophene rings is 1. The van der Waals surface area contributed by atoms with Crippen molar-refractivity contribution in [3.63, 3.8) is 0 Å². The molecule has 0 aliphatic rings. The van der Waals surface area contributed by atoms with Crippen LogP contribution in [-0.2, 0) is 7.05 Å². The predicted octanol–water partition coefficient (Wildman–Crippen LogP) is 2.83. The van der Waals surface area contributed by atoms with Crippen molar-refractivity contribution in [2.75, 3.05) is 5.32 Å². The summed E-state index contributed by atoms with van der Waals surface area (Å²) in [6, 6.07) is 4.44. The number of hydrogen-bond acceptors (Lipinski definition) is 4. The van der Waals surface area contributed by atoms with E-state index in [1.54, 1.807) is 16.0 Å². The lowest BCUT2D eigenvalue weighted by atomic mass is 10.1. The molecule has 0 bridgehead atoms. The topological polar surface area (TPSA) is 53.6 Å². The van der Waals surface area contributed by atoms with Gasteiger partial charge < -0.3 is 5.32 Å². The van der Waals surface area contributed by atoms with Gasteiger partial charge in [0.1, 0.15) is 17.5 Å². The first-order valence-electron chi connectivity index (χ1n) is 5.35. The molecule has 0 amide bonds. The minimum absolute atomic E-state index is 0.170. The van der Waals surface area contributed by atoms with Crippen LogP contribution in [-0.4, -0.2) is 9.78 Å². The fourth-order valence-electron chi connectivity index (χ4n) is 1.77. The Morgan fingerprint density at radius 1 is 1.59 bits per heavy atom. The number of nitrogens with one attached hydrogen (secondary N) is 1. The standard InChI is InChI=1S/C12H14N4S/c1-8(10-4-5-17-7-10)14-12-11(6-13)9(2)15-16(12)3/h4-5,7-8,14H,1-3H3. The predicted molar refractivity (Wildman–Crippen MR) is 69.0 cm³/mol. The Kier molecular flexibility index (Phi) is 3.16. The van der Waals surface area contributed by atoms with E-state index < -0.39 is 0 Å². The molecule has 0 saturated carbocycles. The minimum atomic E-state index is 0.170. The molecular formula is C12H14N4S. The molecule has 88 valence electrons. The van der Waals surface area contributed by atoms with Gasteiger partial charge in [-0.05, 0) is 36.2 Å². The molecule has 0 aliphatic carbocycles. The van der Waals surface area contributed by atoms with Gasteiger partial charge in [0.15, 0.2) is 0 Å². The second-order valence-corrected chi connectivity index (χ2v) is 4.75. The average Bonchev–Trinajstić information content (AvgIpc) is 2.88. The van der Waals surface area contributed by atoms with Crippen LogP contribution in [0.2, 0.25) is 0 Å². The van der Waals surface area contributed by atoms with Crippen LogP contribution in [0.25, 0.3) is 0 Å². The number of rotatable bonds is 3. The highest BCUT2D eigenvalue weighted by molar-refractivity contribution is 7.07. The summed E-state index contributed by atoms with van der Waals surface area (Å²) in [5.41, 5.74) is 2.60. The first kappa shape index (κ1) is 11.7. The largest absolute Gasteiger partial charge is 0.363 e. The van der Waals surface area contributed by atoms with E-state index in [-0.39, 0.29) is 6.04 Å². The third-order valence-corrected chi connectivity index (χ3v) is 3.43. The zero-order valence-corrected chi connectivity index (χ0v) is 10.9. The first-order valence-corrected chi connectivity index (χ1v) is 6.30. The molecule has 0 aliphatic heterocycles. The highest BCUT2D eigenvalue weighted by atomic mass is 32.1. The van der Waals surface area contributed by atoms with Crippen LogP contribution in [0.15, 0.2) is 16.8 Å². The van der Waals surface area contributed by atoms with Crippen molar-refractivity contribution in [1.29, 1.82) is 5.26 Å². The first-order chi connectivity index (χ1) is 8.13. The Hall–Kier alpha value is -1.80. The molecule has 2 heterocycles. The lowest BCUT2D eigenvalue weighted by molar-refractivity contribution is 0.743. The molecule has 0 aromatic carbocycles. The Morgan fingerprint density at radius 3 is 2.94 bits per heavy atom. The van der Waals surface area contributed by atoms with Gasteiger partial charge in [0.25, 0.3) is 0 Å². The SMILES string of the molecule is Cc1nn(C)c(NC(C)c2ccsc2)c1C#N. The quantitative estimate of drug-likeness (QED) is 0.906. The van der Waals surface area contributed by atoms with E-state index in [4.69, 9.17) is 5.26 Å². The normalized spacial score (nSPS) is 12.1. The molecule has 1 unspecified atom stereocenters. The van der Waals surface area contributed by atoms with Crippen molar-refractivity contribution in [1.82, 2.24) is 9.78 Å². The monoisotopic (exact) mass is 246 g/mol. The molecule has 17 heavy (non-hydrogen) atoms. The number of nitriles is 1. The number of hydrogen-bond donors (Lipinski definition) is 1. The zero-order valence-electron chi connectivity index (χ0n) is 10.1. The Bertz CT molecular complexity index is 548. The van der Waals surface area contributed by atoms with Gasteiger partial charge in [-0.2, -0.15) is 21.7 Å². The van der Waals surface area contributed by atoms with Crippen molar-refractivity contribution in [3.05, 3.63) is 33.6 Å². The Labute approximate surface area is 105 Å². The smallest absolute Gasteiger partial charge is 0.142 e. The van der Waals surface area contributed by atoms with Crippen LogP contribution in [0.1, 0.15) is 29.8 Å². The van der Waals surface area contributed by atoms with Crippen LogP contribution in [0.4, 0.5) is 5.82 Å². The molecule has 5 heteroatoms. The van der Waals surface area contributed by atoms with Crippen molar-refractivity contribution in [2.24, 2.45) is 7.05 Å². The summed E-state index contributed by atoms with van der Waals surface area (Å²) in [6.07, 6.45) is 0. The van der Waals surface area contributed by atoms with Crippen molar-refractivity contribution < 1.29 is 0 Å². The van der Waals surface area contributed by atoms with Crippen LogP contribution < -0.4 is 5.32 Å². The second kappa shape index (κ2) is 4.60. The number of nitrogens with zero attached hydrogens (tertiary/aromatic N) is 3. The summed E-state index contributed by atoms with van der Waals surface area (Å²) in [7, 11) is 1.84. The lowest BCUT2D eigenvalue weighted by Gasteiger charge is -2.14. The molecule has 0 spiro atoms. The van der Waals surface area contributed by atoms with Gasteiger partial charge in [0.05, 0.1) is 11.7 Å². The molecule has 2 aromatic heterocycles. The van der Waals surface area contributed by atoms with Gasteiger partial charge in [-0.1, -0.05) is 0 Å². The van der Waals surface area contributed by atoms with Gasteiger partial charge in [-0.15, -0.1) is 0 Å². The molecule has 2 rings (SSSR count). The fourth-order valence-corrected chi connectivity index (χ4v) is 2.52. The van der Waals surface area contributed by atoms with E-state index in [2.05, 4.69) is 34.9 Å². The summed E-state index contributed by atoms with van der Waals surface area (Å²) < 4.78 is 1.72. The third kappa shape index (κ3) is 2.17. The Morgan fingerprint density at radius 2 is 2.35 bits per heavy atom. The number of aromatic nitrogens is 2. The number of anilines is 1.